The third-order valence-corrected chi connectivity index (χ3v) is 6.06. The Labute approximate surface area is 169 Å². The fourth-order valence-electron chi connectivity index (χ4n) is 3.72. The fourth-order valence-corrected chi connectivity index (χ4v) is 4.15. The maximum Gasteiger partial charge on any atom is 0.164 e. The maximum absolute atomic E-state index is 5.58. The lowest BCUT2D eigenvalue weighted by Gasteiger charge is -2.30. The summed E-state index contributed by atoms with van der Waals surface area (Å²) in [5, 5.41) is 0. The van der Waals surface area contributed by atoms with E-state index in [0.717, 1.165) is 37.7 Å². The van der Waals surface area contributed by atoms with Crippen molar-refractivity contribution in [2.24, 2.45) is 0 Å². The molecule has 0 amide bonds. The first-order valence-corrected chi connectivity index (χ1v) is 10.1. The molecule has 1 aliphatic heterocycles. The van der Waals surface area contributed by atoms with E-state index in [1.54, 1.807) is 31.1 Å². The van der Waals surface area contributed by atoms with E-state index in [9.17, 15) is 0 Å². The standard InChI is InChI=1S/C21H27BrN2O3/c1-25-19-13-21(27-3)20(26-2)12-17(19)15-24-10-8-23(9-11-24)14-16-6-4-5-7-18(16)22/h4-7,12-13H,8-11,14-15H2,1-3H3/p+2. The summed E-state index contributed by atoms with van der Waals surface area (Å²) >= 11 is 3.67. The van der Waals surface area contributed by atoms with Crippen LogP contribution in [0.3, 0.4) is 0 Å². The first kappa shape index (κ1) is 20.0. The Bertz CT molecular complexity index is 761. The Kier molecular flexibility index (Phi) is 6.99. The fraction of sp³-hybridized carbons (Fsp3) is 0.429. The Morgan fingerprint density at radius 1 is 0.741 bits per heavy atom. The molecule has 2 aromatic rings. The van der Waals surface area contributed by atoms with Gasteiger partial charge < -0.3 is 24.0 Å². The van der Waals surface area contributed by atoms with Crippen LogP contribution in [-0.2, 0) is 13.1 Å². The van der Waals surface area contributed by atoms with E-state index in [4.69, 9.17) is 14.2 Å². The highest BCUT2D eigenvalue weighted by molar-refractivity contribution is 9.10. The van der Waals surface area contributed by atoms with Crippen LogP contribution in [0.2, 0.25) is 0 Å². The number of nitrogens with one attached hydrogen (secondary N) is 2. The average Bonchev–Trinajstić information content (AvgIpc) is 2.70. The number of piperazine rings is 1. The summed E-state index contributed by atoms with van der Waals surface area (Å²) in [5.74, 6) is 2.32. The van der Waals surface area contributed by atoms with Gasteiger partial charge in [-0.2, -0.15) is 0 Å². The van der Waals surface area contributed by atoms with Gasteiger partial charge in [0.2, 0.25) is 0 Å². The number of methoxy groups -OCH3 is 3. The van der Waals surface area contributed by atoms with Gasteiger partial charge in [-0.1, -0.05) is 34.1 Å². The third-order valence-electron chi connectivity index (χ3n) is 5.29. The predicted molar refractivity (Wildman–Crippen MR) is 109 cm³/mol. The third kappa shape index (κ3) is 4.94. The number of ether oxygens (including phenoxy) is 3. The first-order valence-electron chi connectivity index (χ1n) is 9.34. The molecule has 0 bridgehead atoms. The van der Waals surface area contributed by atoms with Crippen LogP contribution < -0.4 is 24.0 Å². The van der Waals surface area contributed by atoms with Gasteiger partial charge >= 0.3 is 0 Å². The number of halogens is 1. The zero-order valence-electron chi connectivity index (χ0n) is 16.3. The van der Waals surface area contributed by atoms with Crippen molar-refractivity contribution in [3.8, 4) is 17.2 Å². The van der Waals surface area contributed by atoms with Crippen LogP contribution >= 0.6 is 15.9 Å². The average molecular weight is 437 g/mol. The van der Waals surface area contributed by atoms with Crippen LogP contribution in [0.4, 0.5) is 0 Å². The molecule has 0 atom stereocenters. The molecule has 2 N–H and O–H groups in total. The monoisotopic (exact) mass is 436 g/mol. The van der Waals surface area contributed by atoms with Crippen molar-refractivity contribution in [3.63, 3.8) is 0 Å². The molecule has 0 saturated carbocycles. The second-order valence-electron chi connectivity index (χ2n) is 6.96. The van der Waals surface area contributed by atoms with Gasteiger partial charge in [-0.05, 0) is 12.1 Å². The number of quaternary nitrogens is 2. The Balaban J connectivity index is 1.61. The van der Waals surface area contributed by atoms with Gasteiger partial charge in [0.25, 0.3) is 0 Å². The molecule has 0 spiro atoms. The van der Waals surface area contributed by atoms with Crippen LogP contribution in [0.5, 0.6) is 17.2 Å². The molecule has 2 aromatic carbocycles. The molecular weight excluding hydrogens is 408 g/mol. The van der Waals surface area contributed by atoms with Crippen molar-refractivity contribution in [2.45, 2.75) is 13.1 Å². The largest absolute Gasteiger partial charge is 0.496 e. The van der Waals surface area contributed by atoms with Gasteiger partial charge in [0.05, 0.1) is 26.9 Å². The molecule has 146 valence electrons. The molecule has 5 nitrogen and oxygen atoms in total. The zero-order valence-corrected chi connectivity index (χ0v) is 17.9. The van der Waals surface area contributed by atoms with Gasteiger partial charge in [0.15, 0.2) is 11.5 Å². The van der Waals surface area contributed by atoms with Gasteiger partial charge in [-0.15, -0.1) is 0 Å². The van der Waals surface area contributed by atoms with E-state index in [1.165, 1.54) is 28.7 Å². The molecule has 1 aliphatic rings. The molecular formula is C21H29BrN2O3+2. The Hall–Kier alpha value is -1.76. The molecule has 27 heavy (non-hydrogen) atoms. The van der Waals surface area contributed by atoms with E-state index in [1.807, 2.05) is 12.1 Å². The van der Waals surface area contributed by atoms with E-state index in [0.29, 0.717) is 5.75 Å². The Morgan fingerprint density at radius 2 is 1.26 bits per heavy atom. The summed E-state index contributed by atoms with van der Waals surface area (Å²) in [7, 11) is 5.03. The van der Waals surface area contributed by atoms with Crippen molar-refractivity contribution in [1.29, 1.82) is 0 Å². The molecule has 0 unspecified atom stereocenters. The van der Waals surface area contributed by atoms with E-state index < -0.39 is 0 Å². The highest BCUT2D eigenvalue weighted by Crippen LogP contribution is 2.34. The zero-order chi connectivity index (χ0) is 19.2. The molecule has 0 aliphatic carbocycles. The van der Waals surface area contributed by atoms with E-state index >= 15 is 0 Å². The lowest BCUT2D eigenvalue weighted by molar-refractivity contribution is -1.02. The van der Waals surface area contributed by atoms with Gasteiger partial charge in [-0.25, -0.2) is 0 Å². The summed E-state index contributed by atoms with van der Waals surface area (Å²) in [5.41, 5.74) is 2.55. The number of hydrogen-bond acceptors (Lipinski definition) is 3. The second-order valence-corrected chi connectivity index (χ2v) is 7.82. The minimum atomic E-state index is 0.704. The van der Waals surface area contributed by atoms with Crippen molar-refractivity contribution in [1.82, 2.24) is 0 Å². The quantitative estimate of drug-likeness (QED) is 0.678. The summed E-state index contributed by atoms with van der Waals surface area (Å²) in [4.78, 5) is 3.22. The molecule has 6 heteroatoms. The van der Waals surface area contributed by atoms with Crippen molar-refractivity contribution in [3.05, 3.63) is 52.0 Å². The van der Waals surface area contributed by atoms with Crippen LogP contribution in [0.25, 0.3) is 0 Å². The first-order chi connectivity index (χ1) is 13.1. The predicted octanol–water partition coefficient (Wildman–Crippen LogP) is 0.959. The SMILES string of the molecule is COc1cc(OC)c(OC)cc1C[NH+]1CC[NH+](Cc2ccccc2Br)CC1. The van der Waals surface area contributed by atoms with Gasteiger partial charge in [0, 0.05) is 16.1 Å². The molecule has 1 fully saturated rings. The van der Waals surface area contributed by atoms with Crippen molar-refractivity contribution >= 4 is 15.9 Å². The minimum Gasteiger partial charge on any atom is -0.496 e. The summed E-state index contributed by atoms with van der Waals surface area (Å²) in [6, 6.07) is 12.5. The van der Waals surface area contributed by atoms with Crippen LogP contribution in [0, 0.1) is 0 Å². The molecule has 3 rings (SSSR count). The van der Waals surface area contributed by atoms with Gasteiger partial charge in [-0.3, -0.25) is 0 Å². The number of benzene rings is 2. The smallest absolute Gasteiger partial charge is 0.164 e. The summed E-state index contributed by atoms with van der Waals surface area (Å²) in [6.45, 7) is 6.66. The topological polar surface area (TPSA) is 36.6 Å². The Morgan fingerprint density at radius 3 is 1.81 bits per heavy atom. The second kappa shape index (κ2) is 9.44. The van der Waals surface area contributed by atoms with Crippen LogP contribution in [0.15, 0.2) is 40.9 Å². The number of rotatable bonds is 7. The molecule has 1 saturated heterocycles. The van der Waals surface area contributed by atoms with E-state index in [2.05, 4.69) is 40.2 Å². The number of hydrogen-bond donors (Lipinski definition) is 2. The minimum absolute atomic E-state index is 0.704. The van der Waals surface area contributed by atoms with Crippen molar-refractivity contribution < 1.29 is 24.0 Å². The maximum atomic E-state index is 5.58. The molecule has 0 radical (unpaired) electrons. The molecule has 0 aromatic heterocycles. The normalized spacial score (nSPS) is 19.6. The van der Waals surface area contributed by atoms with Crippen LogP contribution in [0.1, 0.15) is 11.1 Å². The summed E-state index contributed by atoms with van der Waals surface area (Å²) < 4.78 is 17.6. The molecule has 1 heterocycles. The lowest BCUT2D eigenvalue weighted by Crippen LogP contribution is -3.27. The van der Waals surface area contributed by atoms with Crippen LogP contribution in [-0.4, -0.2) is 47.5 Å². The van der Waals surface area contributed by atoms with Gasteiger partial charge in [0.1, 0.15) is 45.0 Å². The summed E-state index contributed by atoms with van der Waals surface area (Å²) in [6.07, 6.45) is 0. The lowest BCUT2D eigenvalue weighted by atomic mass is 10.1. The van der Waals surface area contributed by atoms with Crippen molar-refractivity contribution in [2.75, 3.05) is 47.5 Å². The van der Waals surface area contributed by atoms with E-state index in [-0.39, 0.29) is 0 Å². The highest BCUT2D eigenvalue weighted by atomic mass is 79.9. The highest BCUT2D eigenvalue weighted by Gasteiger charge is 2.25.